The summed E-state index contributed by atoms with van der Waals surface area (Å²) in [5.41, 5.74) is 1.20. The van der Waals surface area contributed by atoms with Crippen LogP contribution in [0.25, 0.3) is 0 Å². The van der Waals surface area contributed by atoms with Gasteiger partial charge in [-0.05, 0) is 31.0 Å². The number of nitrogens with one attached hydrogen (secondary N) is 1. The quantitative estimate of drug-likeness (QED) is 0.857. The van der Waals surface area contributed by atoms with Crippen LogP contribution in [0, 0.1) is 0 Å². The lowest BCUT2D eigenvalue weighted by molar-refractivity contribution is 0.580. The van der Waals surface area contributed by atoms with Gasteiger partial charge in [-0.25, -0.2) is 4.68 Å². The first-order valence-corrected chi connectivity index (χ1v) is 5.86. The summed E-state index contributed by atoms with van der Waals surface area (Å²) in [5.74, 6) is 0.955. The molecule has 5 heteroatoms. The first kappa shape index (κ1) is 11.6. The molecule has 0 aliphatic carbocycles. The third kappa shape index (κ3) is 2.81. The number of anilines is 1. The van der Waals surface area contributed by atoms with E-state index in [0.717, 1.165) is 18.8 Å². The minimum Gasteiger partial charge on any atom is -0.362 e. The standard InChI is InChI=1S/C12H17N5/c1-3-8-17-12(9-14-16-17)15-10(2)11-4-6-13-7-5-11/h4-7,9-10,15H,3,8H2,1-2H3. The lowest BCUT2D eigenvalue weighted by Gasteiger charge is -2.15. The van der Waals surface area contributed by atoms with Crippen LogP contribution >= 0.6 is 0 Å². The number of hydrogen-bond acceptors (Lipinski definition) is 4. The number of hydrogen-bond donors (Lipinski definition) is 1. The second-order valence-electron chi connectivity index (χ2n) is 3.99. The number of aryl methyl sites for hydroxylation is 1. The van der Waals surface area contributed by atoms with Gasteiger partial charge in [-0.2, -0.15) is 0 Å². The molecule has 0 aliphatic heterocycles. The van der Waals surface area contributed by atoms with Crippen LogP contribution in [0.4, 0.5) is 5.82 Å². The largest absolute Gasteiger partial charge is 0.362 e. The predicted octanol–water partition coefficient (Wildman–Crippen LogP) is 2.26. The summed E-state index contributed by atoms with van der Waals surface area (Å²) in [7, 11) is 0. The summed E-state index contributed by atoms with van der Waals surface area (Å²) in [6.45, 7) is 5.11. The second kappa shape index (κ2) is 5.43. The van der Waals surface area contributed by atoms with E-state index < -0.39 is 0 Å². The average molecular weight is 231 g/mol. The Morgan fingerprint density at radius 2 is 2.12 bits per heavy atom. The fourth-order valence-electron chi connectivity index (χ4n) is 1.70. The van der Waals surface area contributed by atoms with Crippen LogP contribution in [-0.4, -0.2) is 20.0 Å². The number of aromatic nitrogens is 4. The second-order valence-corrected chi connectivity index (χ2v) is 3.99. The van der Waals surface area contributed by atoms with Crippen molar-refractivity contribution in [2.24, 2.45) is 0 Å². The maximum absolute atomic E-state index is 4.04. The van der Waals surface area contributed by atoms with Gasteiger partial charge in [-0.1, -0.05) is 12.1 Å². The van der Waals surface area contributed by atoms with Gasteiger partial charge in [-0.3, -0.25) is 4.98 Å². The Bertz CT molecular complexity index is 451. The average Bonchev–Trinajstić information content (AvgIpc) is 2.78. The van der Waals surface area contributed by atoms with Crippen LogP contribution in [-0.2, 0) is 6.54 Å². The SMILES string of the molecule is CCCn1nncc1NC(C)c1ccncc1. The lowest BCUT2D eigenvalue weighted by atomic mass is 10.1. The van der Waals surface area contributed by atoms with E-state index in [9.17, 15) is 0 Å². The molecule has 0 spiro atoms. The molecule has 2 aromatic rings. The van der Waals surface area contributed by atoms with E-state index in [2.05, 4.69) is 34.5 Å². The molecule has 1 unspecified atom stereocenters. The molecular weight excluding hydrogens is 214 g/mol. The van der Waals surface area contributed by atoms with E-state index in [1.54, 1.807) is 18.6 Å². The highest BCUT2D eigenvalue weighted by atomic mass is 15.5. The van der Waals surface area contributed by atoms with Gasteiger partial charge >= 0.3 is 0 Å². The van der Waals surface area contributed by atoms with Crippen LogP contribution in [0.2, 0.25) is 0 Å². The molecule has 2 heterocycles. The Hall–Kier alpha value is -1.91. The molecule has 1 N–H and O–H groups in total. The zero-order valence-electron chi connectivity index (χ0n) is 10.2. The Morgan fingerprint density at radius 3 is 2.82 bits per heavy atom. The Morgan fingerprint density at radius 1 is 1.35 bits per heavy atom. The maximum Gasteiger partial charge on any atom is 0.145 e. The van der Waals surface area contributed by atoms with Crippen molar-refractivity contribution < 1.29 is 0 Å². The van der Waals surface area contributed by atoms with Gasteiger partial charge in [0.25, 0.3) is 0 Å². The van der Waals surface area contributed by atoms with Crippen molar-refractivity contribution >= 4 is 5.82 Å². The summed E-state index contributed by atoms with van der Waals surface area (Å²) in [6, 6.07) is 4.23. The summed E-state index contributed by atoms with van der Waals surface area (Å²) >= 11 is 0. The number of pyridine rings is 1. The molecule has 0 amide bonds. The molecule has 0 radical (unpaired) electrons. The molecule has 0 bridgehead atoms. The van der Waals surface area contributed by atoms with Gasteiger partial charge in [0.2, 0.25) is 0 Å². The molecule has 5 nitrogen and oxygen atoms in total. The van der Waals surface area contributed by atoms with E-state index >= 15 is 0 Å². The minimum atomic E-state index is 0.215. The van der Waals surface area contributed by atoms with E-state index in [1.165, 1.54) is 5.56 Å². The van der Waals surface area contributed by atoms with Gasteiger partial charge in [0.05, 0.1) is 12.2 Å². The zero-order chi connectivity index (χ0) is 12.1. The van der Waals surface area contributed by atoms with E-state index in [4.69, 9.17) is 0 Å². The van der Waals surface area contributed by atoms with E-state index in [-0.39, 0.29) is 6.04 Å². The van der Waals surface area contributed by atoms with Crippen molar-refractivity contribution in [2.45, 2.75) is 32.9 Å². The molecule has 1 atom stereocenters. The molecule has 0 saturated heterocycles. The first-order valence-electron chi connectivity index (χ1n) is 5.86. The topological polar surface area (TPSA) is 55.6 Å². The monoisotopic (exact) mass is 231 g/mol. The molecule has 2 aromatic heterocycles. The van der Waals surface area contributed by atoms with Crippen molar-refractivity contribution in [3.05, 3.63) is 36.3 Å². The fraction of sp³-hybridized carbons (Fsp3) is 0.417. The van der Waals surface area contributed by atoms with E-state index in [1.807, 2.05) is 16.8 Å². The smallest absolute Gasteiger partial charge is 0.145 e. The first-order chi connectivity index (χ1) is 8.31. The van der Waals surface area contributed by atoms with Crippen molar-refractivity contribution in [1.82, 2.24) is 20.0 Å². The van der Waals surface area contributed by atoms with Gasteiger partial charge in [0.1, 0.15) is 5.82 Å². The summed E-state index contributed by atoms with van der Waals surface area (Å²) in [6.07, 6.45) is 6.40. The third-order valence-electron chi connectivity index (χ3n) is 2.62. The molecule has 0 fully saturated rings. The Labute approximate surface area is 101 Å². The van der Waals surface area contributed by atoms with Gasteiger partial charge < -0.3 is 5.32 Å². The Kier molecular flexibility index (Phi) is 3.69. The normalized spacial score (nSPS) is 12.4. The minimum absolute atomic E-state index is 0.215. The van der Waals surface area contributed by atoms with Crippen LogP contribution in [0.1, 0.15) is 31.9 Å². The van der Waals surface area contributed by atoms with Crippen molar-refractivity contribution in [1.29, 1.82) is 0 Å². The van der Waals surface area contributed by atoms with Gasteiger partial charge in [0.15, 0.2) is 0 Å². The van der Waals surface area contributed by atoms with Gasteiger partial charge in [-0.15, -0.1) is 5.10 Å². The fourth-order valence-corrected chi connectivity index (χ4v) is 1.70. The highest BCUT2D eigenvalue weighted by molar-refractivity contribution is 5.35. The summed E-state index contributed by atoms with van der Waals surface area (Å²) in [4.78, 5) is 4.01. The number of nitrogens with zero attached hydrogens (tertiary/aromatic N) is 4. The summed E-state index contributed by atoms with van der Waals surface area (Å²) in [5, 5.41) is 11.4. The zero-order valence-corrected chi connectivity index (χ0v) is 10.2. The molecular formula is C12H17N5. The molecule has 0 aliphatic rings. The highest BCUT2D eigenvalue weighted by Gasteiger charge is 2.08. The van der Waals surface area contributed by atoms with Crippen LogP contribution < -0.4 is 5.32 Å². The molecule has 0 saturated carbocycles. The Balaban J connectivity index is 2.08. The van der Waals surface area contributed by atoms with Crippen LogP contribution in [0.3, 0.4) is 0 Å². The van der Waals surface area contributed by atoms with Crippen molar-refractivity contribution in [3.63, 3.8) is 0 Å². The lowest BCUT2D eigenvalue weighted by Crippen LogP contribution is -2.11. The molecule has 0 aromatic carbocycles. The van der Waals surface area contributed by atoms with Crippen molar-refractivity contribution in [3.8, 4) is 0 Å². The van der Waals surface area contributed by atoms with Crippen LogP contribution in [0.5, 0.6) is 0 Å². The van der Waals surface area contributed by atoms with Crippen LogP contribution in [0.15, 0.2) is 30.7 Å². The van der Waals surface area contributed by atoms with Gasteiger partial charge in [0, 0.05) is 18.9 Å². The van der Waals surface area contributed by atoms with E-state index in [0.29, 0.717) is 0 Å². The van der Waals surface area contributed by atoms with Crippen molar-refractivity contribution in [2.75, 3.05) is 5.32 Å². The highest BCUT2D eigenvalue weighted by Crippen LogP contribution is 2.17. The molecule has 2 rings (SSSR count). The number of rotatable bonds is 5. The predicted molar refractivity (Wildman–Crippen MR) is 66.6 cm³/mol. The summed E-state index contributed by atoms with van der Waals surface area (Å²) < 4.78 is 1.89. The third-order valence-corrected chi connectivity index (χ3v) is 2.62. The molecule has 17 heavy (non-hydrogen) atoms. The maximum atomic E-state index is 4.04. The molecule has 90 valence electrons.